The smallest absolute Gasteiger partial charge is 0.258 e. The van der Waals surface area contributed by atoms with E-state index in [1.807, 2.05) is 32.2 Å². The lowest BCUT2D eigenvalue weighted by molar-refractivity contribution is 0.400. The molecule has 0 fully saturated rings. The van der Waals surface area contributed by atoms with Crippen molar-refractivity contribution in [2.45, 2.75) is 26.7 Å². The molecule has 0 atom stereocenters. The van der Waals surface area contributed by atoms with Gasteiger partial charge in [0.25, 0.3) is 5.56 Å². The van der Waals surface area contributed by atoms with Crippen LogP contribution in [0.15, 0.2) is 35.4 Å². The fraction of sp³-hybridized carbons (Fsp3) is 0.333. The molecule has 3 heterocycles. The normalized spacial score (nSPS) is 12.1. The quantitative estimate of drug-likeness (QED) is 0.706. The van der Waals surface area contributed by atoms with Gasteiger partial charge in [-0.3, -0.25) is 19.2 Å². The van der Waals surface area contributed by atoms with Gasteiger partial charge in [0.05, 0.1) is 28.5 Å². The van der Waals surface area contributed by atoms with Crippen LogP contribution in [0.3, 0.4) is 0 Å². The molecule has 3 rings (SSSR count). The van der Waals surface area contributed by atoms with Crippen LogP contribution in [0.1, 0.15) is 34.8 Å². The minimum Gasteiger partial charge on any atom is -0.397 e. The van der Waals surface area contributed by atoms with Crippen LogP contribution in [0, 0.1) is 13.8 Å². The zero-order valence-corrected chi connectivity index (χ0v) is 16.8. The van der Waals surface area contributed by atoms with E-state index in [0.29, 0.717) is 22.7 Å². The molecule has 0 aliphatic rings. The van der Waals surface area contributed by atoms with E-state index in [9.17, 15) is 4.79 Å². The van der Waals surface area contributed by atoms with Crippen LogP contribution in [0.4, 0.5) is 0 Å². The Morgan fingerprint density at radius 3 is 2.75 bits per heavy atom. The second-order valence-corrected chi connectivity index (χ2v) is 7.23. The Morgan fingerprint density at radius 1 is 1.25 bits per heavy atom. The number of pyridine rings is 1. The van der Waals surface area contributed by atoms with Crippen LogP contribution >= 0.6 is 0 Å². The third-order valence-electron chi connectivity index (χ3n) is 4.48. The number of nitrogens with zero attached hydrogens (tertiary/aromatic N) is 5. The summed E-state index contributed by atoms with van der Waals surface area (Å²) in [6.45, 7) is 4.77. The van der Waals surface area contributed by atoms with E-state index in [2.05, 4.69) is 33.9 Å². The van der Waals surface area contributed by atoms with E-state index >= 15 is 0 Å². The van der Waals surface area contributed by atoms with Gasteiger partial charge in [-0.05, 0) is 65.0 Å². The Balaban J connectivity index is 1.91. The Hall–Kier alpha value is -3.06. The molecule has 0 saturated carbocycles. The number of aromatic nitrogens is 4. The Kier molecular flexibility index (Phi) is 5.84. The van der Waals surface area contributed by atoms with Crippen LogP contribution in [0.25, 0.3) is 17.4 Å². The molecule has 0 spiro atoms. The van der Waals surface area contributed by atoms with Gasteiger partial charge in [0, 0.05) is 18.5 Å². The summed E-state index contributed by atoms with van der Waals surface area (Å²) < 4.78 is 1.57. The Bertz CT molecular complexity index is 1080. The average molecular weight is 378 g/mol. The molecule has 0 saturated heterocycles. The third kappa shape index (κ3) is 4.61. The number of aryl methyl sites for hydroxylation is 3. The summed E-state index contributed by atoms with van der Waals surface area (Å²) in [5.41, 5.74) is 10.8. The standard InChI is InChI=1S/C21H26N6O/c1-14-12-23-18(15(2)24-14)10-17(22)19-11-21(28)27-13-16(6-5-9-26(3)4)7-8-20(27)25-19/h7-8,10-13H,5-6,9,22H2,1-4H3. The van der Waals surface area contributed by atoms with Crippen LogP contribution in [0.2, 0.25) is 0 Å². The maximum Gasteiger partial charge on any atom is 0.258 e. The van der Waals surface area contributed by atoms with E-state index in [4.69, 9.17) is 5.73 Å². The molecule has 3 aromatic rings. The van der Waals surface area contributed by atoms with Crippen molar-refractivity contribution in [3.63, 3.8) is 0 Å². The van der Waals surface area contributed by atoms with Crippen molar-refractivity contribution in [2.24, 2.45) is 5.73 Å². The van der Waals surface area contributed by atoms with Crippen molar-refractivity contribution in [3.05, 3.63) is 69.3 Å². The molecule has 7 nitrogen and oxygen atoms in total. The molecule has 28 heavy (non-hydrogen) atoms. The fourth-order valence-corrected chi connectivity index (χ4v) is 3.01. The molecule has 0 radical (unpaired) electrons. The SMILES string of the molecule is Cc1cnc(C=C(N)c2cc(=O)n3cc(CCCN(C)C)ccc3n2)c(C)n1. The molecular weight excluding hydrogens is 352 g/mol. The van der Waals surface area contributed by atoms with E-state index in [1.54, 1.807) is 16.7 Å². The summed E-state index contributed by atoms with van der Waals surface area (Å²) in [6.07, 6.45) is 7.20. The molecule has 0 amide bonds. The van der Waals surface area contributed by atoms with Crippen molar-refractivity contribution >= 4 is 17.4 Å². The molecule has 0 bridgehead atoms. The van der Waals surface area contributed by atoms with Gasteiger partial charge in [0.1, 0.15) is 5.65 Å². The second kappa shape index (κ2) is 8.31. The lowest BCUT2D eigenvalue weighted by Gasteiger charge is -2.10. The van der Waals surface area contributed by atoms with Gasteiger partial charge in [-0.15, -0.1) is 0 Å². The van der Waals surface area contributed by atoms with E-state index < -0.39 is 0 Å². The number of rotatable bonds is 6. The molecule has 7 heteroatoms. The van der Waals surface area contributed by atoms with Gasteiger partial charge in [-0.2, -0.15) is 0 Å². The molecule has 0 unspecified atom stereocenters. The van der Waals surface area contributed by atoms with Crippen molar-refractivity contribution in [1.82, 2.24) is 24.3 Å². The predicted molar refractivity (Wildman–Crippen MR) is 112 cm³/mol. The molecular formula is C21H26N6O. The van der Waals surface area contributed by atoms with Crippen molar-refractivity contribution in [2.75, 3.05) is 20.6 Å². The minimum absolute atomic E-state index is 0.155. The summed E-state index contributed by atoms with van der Waals surface area (Å²) >= 11 is 0. The van der Waals surface area contributed by atoms with Gasteiger partial charge >= 0.3 is 0 Å². The maximum atomic E-state index is 12.6. The molecule has 0 aliphatic carbocycles. The van der Waals surface area contributed by atoms with Crippen LogP contribution < -0.4 is 11.3 Å². The minimum atomic E-state index is -0.155. The van der Waals surface area contributed by atoms with Crippen molar-refractivity contribution < 1.29 is 0 Å². The largest absolute Gasteiger partial charge is 0.397 e. The van der Waals surface area contributed by atoms with Gasteiger partial charge in [-0.1, -0.05) is 6.07 Å². The highest BCUT2D eigenvalue weighted by molar-refractivity contribution is 5.77. The van der Waals surface area contributed by atoms with Gasteiger partial charge in [0.15, 0.2) is 0 Å². The van der Waals surface area contributed by atoms with E-state index in [0.717, 1.165) is 36.3 Å². The maximum absolute atomic E-state index is 12.6. The number of nitrogens with two attached hydrogens (primary N) is 1. The monoisotopic (exact) mass is 378 g/mol. The average Bonchev–Trinajstić information content (AvgIpc) is 2.64. The highest BCUT2D eigenvalue weighted by Crippen LogP contribution is 2.13. The number of hydrogen-bond donors (Lipinski definition) is 1. The highest BCUT2D eigenvalue weighted by atomic mass is 16.1. The second-order valence-electron chi connectivity index (χ2n) is 7.23. The molecule has 0 aromatic carbocycles. The molecule has 3 aromatic heterocycles. The Morgan fingerprint density at radius 2 is 2.04 bits per heavy atom. The van der Waals surface area contributed by atoms with Crippen LogP contribution in [-0.2, 0) is 6.42 Å². The van der Waals surface area contributed by atoms with E-state index in [-0.39, 0.29) is 5.56 Å². The molecule has 0 aliphatic heterocycles. The zero-order chi connectivity index (χ0) is 20.3. The summed E-state index contributed by atoms with van der Waals surface area (Å²) in [5.74, 6) is 0. The van der Waals surface area contributed by atoms with Gasteiger partial charge in [-0.25, -0.2) is 4.98 Å². The number of fused-ring (bicyclic) bond motifs is 1. The Labute approximate surface area is 164 Å². The lowest BCUT2D eigenvalue weighted by atomic mass is 10.1. The van der Waals surface area contributed by atoms with E-state index in [1.165, 1.54) is 6.07 Å². The summed E-state index contributed by atoms with van der Waals surface area (Å²) in [7, 11) is 4.11. The first-order valence-electron chi connectivity index (χ1n) is 9.28. The zero-order valence-electron chi connectivity index (χ0n) is 16.8. The first kappa shape index (κ1) is 19.7. The predicted octanol–water partition coefficient (Wildman–Crippen LogP) is 2.05. The van der Waals surface area contributed by atoms with Crippen molar-refractivity contribution in [3.8, 4) is 0 Å². The summed E-state index contributed by atoms with van der Waals surface area (Å²) in [4.78, 5) is 28.0. The fourth-order valence-electron chi connectivity index (χ4n) is 3.01. The third-order valence-corrected chi connectivity index (χ3v) is 4.48. The summed E-state index contributed by atoms with van der Waals surface area (Å²) in [5, 5.41) is 0. The first-order valence-corrected chi connectivity index (χ1v) is 9.28. The first-order chi connectivity index (χ1) is 13.3. The highest BCUT2D eigenvalue weighted by Gasteiger charge is 2.08. The van der Waals surface area contributed by atoms with Crippen molar-refractivity contribution in [1.29, 1.82) is 0 Å². The topological polar surface area (TPSA) is 89.4 Å². The lowest BCUT2D eigenvalue weighted by Crippen LogP contribution is -2.17. The van der Waals surface area contributed by atoms with Gasteiger partial charge < -0.3 is 10.6 Å². The number of hydrogen-bond acceptors (Lipinski definition) is 6. The van der Waals surface area contributed by atoms with Gasteiger partial charge in [0.2, 0.25) is 0 Å². The molecule has 146 valence electrons. The molecule has 2 N–H and O–H groups in total. The van der Waals surface area contributed by atoms with Crippen LogP contribution in [0.5, 0.6) is 0 Å². The van der Waals surface area contributed by atoms with Crippen LogP contribution in [-0.4, -0.2) is 44.9 Å². The summed E-state index contributed by atoms with van der Waals surface area (Å²) in [6, 6.07) is 5.33.